The highest BCUT2D eigenvalue weighted by molar-refractivity contribution is 5.77. The van der Waals surface area contributed by atoms with Gasteiger partial charge in [0.1, 0.15) is 0 Å². The zero-order valence-electron chi connectivity index (χ0n) is 14.3. The average Bonchev–Trinajstić information content (AvgIpc) is 3.02. The van der Waals surface area contributed by atoms with Gasteiger partial charge in [-0.3, -0.25) is 0 Å². The summed E-state index contributed by atoms with van der Waals surface area (Å²) in [5.74, 6) is 0. The van der Waals surface area contributed by atoms with Crippen LogP contribution in [-0.2, 0) is 0 Å². The van der Waals surface area contributed by atoms with Crippen molar-refractivity contribution in [1.82, 2.24) is 14.6 Å². The van der Waals surface area contributed by atoms with Gasteiger partial charge in [-0.05, 0) is 19.1 Å². The first kappa shape index (κ1) is 15.8. The number of nitrogens with zero attached hydrogens (tertiary/aromatic N) is 4. The second-order valence-corrected chi connectivity index (χ2v) is 5.96. The van der Waals surface area contributed by atoms with E-state index in [-0.39, 0.29) is 0 Å². The fourth-order valence-electron chi connectivity index (χ4n) is 3.03. The third-order valence-electron chi connectivity index (χ3n) is 4.27. The molecule has 0 saturated carbocycles. The Balaban J connectivity index is 2.06. The first-order valence-electron chi connectivity index (χ1n) is 8.35. The molecule has 26 heavy (non-hydrogen) atoms. The Morgan fingerprint density at radius 1 is 0.962 bits per heavy atom. The van der Waals surface area contributed by atoms with E-state index in [0.717, 1.165) is 39.4 Å². The molecular weight excluding hydrogens is 320 g/mol. The van der Waals surface area contributed by atoms with Gasteiger partial charge < -0.3 is 0 Å². The molecular formula is C22H16N4. The van der Waals surface area contributed by atoms with Crippen LogP contribution in [0.5, 0.6) is 0 Å². The third kappa shape index (κ3) is 2.76. The summed E-state index contributed by atoms with van der Waals surface area (Å²) in [6, 6.07) is 24.3. The van der Waals surface area contributed by atoms with Crippen LogP contribution in [0.25, 0.3) is 34.2 Å². The molecule has 2 aromatic carbocycles. The minimum atomic E-state index is 0.745. The summed E-state index contributed by atoms with van der Waals surface area (Å²) in [5, 5.41) is 13.6. The highest BCUT2D eigenvalue weighted by atomic mass is 15.3. The molecule has 0 bridgehead atoms. The van der Waals surface area contributed by atoms with E-state index in [1.165, 1.54) is 6.08 Å². The van der Waals surface area contributed by atoms with Crippen molar-refractivity contribution in [3.63, 3.8) is 0 Å². The summed E-state index contributed by atoms with van der Waals surface area (Å²) in [5.41, 5.74) is 6.40. The highest BCUT2D eigenvalue weighted by Gasteiger charge is 2.15. The predicted molar refractivity (Wildman–Crippen MR) is 103 cm³/mol. The standard InChI is InChI=1S/C22H16N4/c1-16-19(13-8-14-23)22-24-20(17-9-4-2-5-10-17)15-21(26(22)25-16)18-11-6-3-7-12-18/h2-13,15H,1H3/b13-8+. The van der Waals surface area contributed by atoms with Crippen molar-refractivity contribution in [3.8, 4) is 28.6 Å². The lowest BCUT2D eigenvalue weighted by Gasteiger charge is -2.09. The Labute approximate surface area is 151 Å². The molecule has 0 atom stereocenters. The Bertz CT molecular complexity index is 1130. The van der Waals surface area contributed by atoms with Crippen LogP contribution in [0, 0.1) is 18.3 Å². The molecule has 4 aromatic rings. The van der Waals surface area contributed by atoms with Gasteiger partial charge in [0.25, 0.3) is 0 Å². The van der Waals surface area contributed by atoms with Crippen LogP contribution >= 0.6 is 0 Å². The number of aromatic nitrogens is 3. The molecule has 0 unspecified atom stereocenters. The first-order chi connectivity index (χ1) is 12.8. The molecule has 0 aliphatic rings. The van der Waals surface area contributed by atoms with Gasteiger partial charge in [0.15, 0.2) is 5.65 Å². The van der Waals surface area contributed by atoms with E-state index in [0.29, 0.717) is 0 Å². The zero-order valence-corrected chi connectivity index (χ0v) is 14.3. The zero-order chi connectivity index (χ0) is 17.9. The van der Waals surface area contributed by atoms with E-state index in [1.807, 2.05) is 66.0 Å². The summed E-state index contributed by atoms with van der Waals surface area (Å²) < 4.78 is 1.86. The number of benzene rings is 2. The first-order valence-corrected chi connectivity index (χ1v) is 8.35. The summed E-state index contributed by atoms with van der Waals surface area (Å²) in [6.45, 7) is 1.93. The quantitative estimate of drug-likeness (QED) is 0.500. The lowest BCUT2D eigenvalue weighted by Crippen LogP contribution is -1.98. The van der Waals surface area contributed by atoms with E-state index in [9.17, 15) is 0 Å². The second-order valence-electron chi connectivity index (χ2n) is 5.96. The van der Waals surface area contributed by atoms with Crippen molar-refractivity contribution in [2.75, 3.05) is 0 Å². The van der Waals surface area contributed by atoms with E-state index in [1.54, 1.807) is 6.08 Å². The van der Waals surface area contributed by atoms with Crippen molar-refractivity contribution in [3.05, 3.63) is 84.1 Å². The smallest absolute Gasteiger partial charge is 0.163 e. The fraction of sp³-hybridized carbons (Fsp3) is 0.0455. The minimum absolute atomic E-state index is 0.745. The van der Waals surface area contributed by atoms with Crippen molar-refractivity contribution < 1.29 is 0 Å². The average molecular weight is 336 g/mol. The number of aryl methyl sites for hydroxylation is 1. The van der Waals surface area contributed by atoms with Crippen molar-refractivity contribution in [1.29, 1.82) is 5.26 Å². The number of hydrogen-bond donors (Lipinski definition) is 0. The Morgan fingerprint density at radius 2 is 1.62 bits per heavy atom. The monoisotopic (exact) mass is 336 g/mol. The molecule has 0 N–H and O–H groups in total. The van der Waals surface area contributed by atoms with Crippen LogP contribution in [0.3, 0.4) is 0 Å². The van der Waals surface area contributed by atoms with Crippen LogP contribution < -0.4 is 0 Å². The van der Waals surface area contributed by atoms with E-state index >= 15 is 0 Å². The van der Waals surface area contributed by atoms with Gasteiger partial charge in [0.2, 0.25) is 0 Å². The molecule has 124 valence electrons. The molecule has 2 aromatic heterocycles. The number of nitriles is 1. The molecule has 4 rings (SSSR count). The van der Waals surface area contributed by atoms with Gasteiger partial charge in [-0.2, -0.15) is 10.4 Å². The Morgan fingerprint density at radius 3 is 2.27 bits per heavy atom. The summed E-state index contributed by atoms with van der Waals surface area (Å²) in [6.07, 6.45) is 3.23. The molecule has 4 heteroatoms. The van der Waals surface area contributed by atoms with Crippen LogP contribution in [0.15, 0.2) is 72.8 Å². The van der Waals surface area contributed by atoms with E-state index in [2.05, 4.69) is 23.3 Å². The minimum Gasteiger partial charge on any atom is -0.228 e. The lowest BCUT2D eigenvalue weighted by molar-refractivity contribution is 0.926. The third-order valence-corrected chi connectivity index (χ3v) is 4.27. The summed E-state index contributed by atoms with van der Waals surface area (Å²) in [7, 11) is 0. The van der Waals surface area contributed by atoms with E-state index in [4.69, 9.17) is 10.2 Å². The van der Waals surface area contributed by atoms with Crippen LogP contribution in [-0.4, -0.2) is 14.6 Å². The topological polar surface area (TPSA) is 54.0 Å². The van der Waals surface area contributed by atoms with Gasteiger partial charge in [-0.1, -0.05) is 60.7 Å². The molecule has 0 spiro atoms. The maximum absolute atomic E-state index is 8.91. The molecule has 2 heterocycles. The fourth-order valence-corrected chi connectivity index (χ4v) is 3.03. The summed E-state index contributed by atoms with van der Waals surface area (Å²) in [4.78, 5) is 4.85. The van der Waals surface area contributed by atoms with Crippen LogP contribution in [0.2, 0.25) is 0 Å². The Hall–Kier alpha value is -3.71. The molecule has 0 aliphatic carbocycles. The molecule has 4 nitrogen and oxygen atoms in total. The van der Waals surface area contributed by atoms with Gasteiger partial charge in [0, 0.05) is 22.8 Å². The number of rotatable bonds is 3. The molecule has 0 aliphatic heterocycles. The molecule has 0 radical (unpaired) electrons. The summed E-state index contributed by atoms with van der Waals surface area (Å²) >= 11 is 0. The van der Waals surface area contributed by atoms with E-state index < -0.39 is 0 Å². The molecule has 0 fully saturated rings. The SMILES string of the molecule is Cc1nn2c(-c3ccccc3)cc(-c3ccccc3)nc2c1/C=C/C#N. The normalized spacial score (nSPS) is 11.1. The predicted octanol–water partition coefficient (Wildman–Crippen LogP) is 4.91. The maximum atomic E-state index is 8.91. The molecule has 0 amide bonds. The molecule has 0 saturated heterocycles. The van der Waals surface area contributed by atoms with Crippen LogP contribution in [0.1, 0.15) is 11.3 Å². The largest absolute Gasteiger partial charge is 0.228 e. The maximum Gasteiger partial charge on any atom is 0.163 e. The number of allylic oxidation sites excluding steroid dienone is 1. The van der Waals surface area contributed by atoms with Crippen molar-refractivity contribution >= 4 is 11.7 Å². The Kier molecular flexibility index (Phi) is 4.04. The number of hydrogen-bond acceptors (Lipinski definition) is 3. The highest BCUT2D eigenvalue weighted by Crippen LogP contribution is 2.28. The second kappa shape index (κ2) is 6.66. The lowest BCUT2D eigenvalue weighted by atomic mass is 10.1. The van der Waals surface area contributed by atoms with Crippen molar-refractivity contribution in [2.24, 2.45) is 0 Å². The van der Waals surface area contributed by atoms with Gasteiger partial charge >= 0.3 is 0 Å². The number of fused-ring (bicyclic) bond motifs is 1. The van der Waals surface area contributed by atoms with Gasteiger partial charge in [0.05, 0.1) is 23.2 Å². The van der Waals surface area contributed by atoms with Gasteiger partial charge in [-0.15, -0.1) is 0 Å². The van der Waals surface area contributed by atoms with Gasteiger partial charge in [-0.25, -0.2) is 9.50 Å². The van der Waals surface area contributed by atoms with Crippen molar-refractivity contribution in [2.45, 2.75) is 6.92 Å². The van der Waals surface area contributed by atoms with Crippen LogP contribution in [0.4, 0.5) is 0 Å².